The Hall–Kier alpha value is -0.590. The maximum Gasteiger partial charge on any atom is 0.121 e. The molecule has 1 atom stereocenters. The first-order valence-corrected chi connectivity index (χ1v) is 6.16. The average Bonchev–Trinajstić information content (AvgIpc) is 2.67. The number of benzene rings is 1. The topological polar surface area (TPSA) is 38.0 Å². The summed E-state index contributed by atoms with van der Waals surface area (Å²) in [6, 6.07) is 7.32. The van der Waals surface area contributed by atoms with E-state index in [9.17, 15) is 5.11 Å². The Morgan fingerprint density at radius 2 is 2.19 bits per heavy atom. The molecule has 84 valence electrons. The molecule has 5 heteroatoms. The van der Waals surface area contributed by atoms with Crippen LogP contribution >= 0.6 is 34.2 Å². The molecule has 0 radical (unpaired) electrons. The minimum atomic E-state index is -0.693. The number of aliphatic hydroxyl groups excluding tert-OH is 1. The highest BCUT2D eigenvalue weighted by Crippen LogP contribution is 2.26. The molecule has 0 saturated carbocycles. The SMILES string of the molecule is Cn1nccc1C(O)c1ccc(I)c(Cl)c1. The average molecular weight is 349 g/mol. The Morgan fingerprint density at radius 3 is 2.75 bits per heavy atom. The number of hydrogen-bond acceptors (Lipinski definition) is 2. The van der Waals surface area contributed by atoms with Crippen molar-refractivity contribution in [3.05, 3.63) is 50.3 Å². The largest absolute Gasteiger partial charge is 0.382 e. The monoisotopic (exact) mass is 348 g/mol. The number of hydrogen-bond donors (Lipinski definition) is 1. The van der Waals surface area contributed by atoms with Gasteiger partial charge in [0.15, 0.2) is 0 Å². The van der Waals surface area contributed by atoms with Crippen LogP contribution in [0.5, 0.6) is 0 Å². The van der Waals surface area contributed by atoms with E-state index < -0.39 is 6.10 Å². The van der Waals surface area contributed by atoms with Gasteiger partial charge >= 0.3 is 0 Å². The van der Waals surface area contributed by atoms with Crippen molar-refractivity contribution in [2.45, 2.75) is 6.10 Å². The number of aliphatic hydroxyl groups is 1. The van der Waals surface area contributed by atoms with Gasteiger partial charge in [0.2, 0.25) is 0 Å². The van der Waals surface area contributed by atoms with Gasteiger partial charge in [-0.15, -0.1) is 0 Å². The van der Waals surface area contributed by atoms with Gasteiger partial charge < -0.3 is 5.11 Å². The van der Waals surface area contributed by atoms with Crippen LogP contribution < -0.4 is 0 Å². The third kappa shape index (κ3) is 2.23. The summed E-state index contributed by atoms with van der Waals surface area (Å²) in [7, 11) is 1.80. The van der Waals surface area contributed by atoms with Crippen LogP contribution in [0.2, 0.25) is 5.02 Å². The van der Waals surface area contributed by atoms with Gasteiger partial charge in [0.05, 0.1) is 10.7 Å². The fourth-order valence-electron chi connectivity index (χ4n) is 1.51. The molecule has 1 aromatic heterocycles. The fourth-order valence-corrected chi connectivity index (χ4v) is 2.03. The highest BCUT2D eigenvalue weighted by atomic mass is 127. The lowest BCUT2D eigenvalue weighted by Gasteiger charge is -2.12. The van der Waals surface area contributed by atoms with E-state index in [1.54, 1.807) is 30.1 Å². The van der Waals surface area contributed by atoms with E-state index >= 15 is 0 Å². The number of aromatic nitrogens is 2. The van der Waals surface area contributed by atoms with Gasteiger partial charge in [0.25, 0.3) is 0 Å². The number of aryl methyl sites for hydroxylation is 1. The predicted molar refractivity (Wildman–Crippen MR) is 71.4 cm³/mol. The smallest absolute Gasteiger partial charge is 0.121 e. The minimum absolute atomic E-state index is 0.652. The zero-order valence-electron chi connectivity index (χ0n) is 8.56. The zero-order valence-corrected chi connectivity index (χ0v) is 11.5. The molecule has 1 aromatic carbocycles. The molecule has 1 unspecified atom stereocenters. The Kier molecular flexibility index (Phi) is 3.51. The van der Waals surface area contributed by atoms with Crippen molar-refractivity contribution < 1.29 is 5.11 Å². The maximum absolute atomic E-state index is 10.2. The second-order valence-corrected chi connectivity index (χ2v) is 5.03. The summed E-state index contributed by atoms with van der Waals surface area (Å²) < 4.78 is 2.62. The lowest BCUT2D eigenvalue weighted by Crippen LogP contribution is -2.06. The van der Waals surface area contributed by atoms with E-state index in [-0.39, 0.29) is 0 Å². The van der Waals surface area contributed by atoms with Gasteiger partial charge in [-0.2, -0.15) is 5.10 Å². The third-order valence-electron chi connectivity index (χ3n) is 2.40. The quantitative estimate of drug-likeness (QED) is 0.848. The summed E-state index contributed by atoms with van der Waals surface area (Å²) in [6.45, 7) is 0. The van der Waals surface area contributed by atoms with Crippen molar-refractivity contribution in [3.8, 4) is 0 Å². The Morgan fingerprint density at radius 1 is 1.44 bits per heavy atom. The van der Waals surface area contributed by atoms with Gasteiger partial charge in [0.1, 0.15) is 6.10 Å². The summed E-state index contributed by atoms with van der Waals surface area (Å²) in [6.07, 6.45) is 0.967. The van der Waals surface area contributed by atoms with E-state index in [1.807, 2.05) is 12.1 Å². The van der Waals surface area contributed by atoms with Crippen LogP contribution in [0.3, 0.4) is 0 Å². The first-order valence-electron chi connectivity index (χ1n) is 4.70. The van der Waals surface area contributed by atoms with Gasteiger partial charge in [-0.1, -0.05) is 17.7 Å². The molecule has 1 N–H and O–H groups in total. The molecule has 0 aliphatic carbocycles. The molecule has 0 spiro atoms. The highest BCUT2D eigenvalue weighted by Gasteiger charge is 2.14. The molecular weight excluding hydrogens is 338 g/mol. The van der Waals surface area contributed by atoms with Gasteiger partial charge in [-0.3, -0.25) is 4.68 Å². The number of rotatable bonds is 2. The third-order valence-corrected chi connectivity index (χ3v) is 3.97. The van der Waals surface area contributed by atoms with Crippen LogP contribution in [-0.2, 0) is 7.05 Å². The Bertz CT molecular complexity index is 512. The van der Waals surface area contributed by atoms with Crippen LogP contribution in [-0.4, -0.2) is 14.9 Å². The van der Waals surface area contributed by atoms with Crippen molar-refractivity contribution in [1.82, 2.24) is 9.78 Å². The lowest BCUT2D eigenvalue weighted by molar-refractivity contribution is 0.210. The van der Waals surface area contributed by atoms with E-state index in [4.69, 9.17) is 11.6 Å². The lowest BCUT2D eigenvalue weighted by atomic mass is 10.1. The molecule has 0 aliphatic heterocycles. The van der Waals surface area contributed by atoms with E-state index in [0.29, 0.717) is 5.02 Å². The van der Waals surface area contributed by atoms with Crippen LogP contribution in [0.15, 0.2) is 30.5 Å². The maximum atomic E-state index is 10.2. The second kappa shape index (κ2) is 4.73. The second-order valence-electron chi connectivity index (χ2n) is 3.46. The summed E-state index contributed by atoms with van der Waals surface area (Å²) in [5.74, 6) is 0. The molecule has 0 aliphatic rings. The first-order chi connectivity index (χ1) is 7.59. The Labute approximate surface area is 112 Å². The van der Waals surface area contributed by atoms with E-state index in [1.165, 1.54) is 0 Å². The molecule has 16 heavy (non-hydrogen) atoms. The molecule has 2 aromatic rings. The van der Waals surface area contributed by atoms with Crippen molar-refractivity contribution in [2.75, 3.05) is 0 Å². The molecule has 0 amide bonds. The molecule has 0 bridgehead atoms. The molecule has 3 nitrogen and oxygen atoms in total. The van der Waals surface area contributed by atoms with E-state index in [0.717, 1.165) is 14.8 Å². The molecule has 1 heterocycles. The van der Waals surface area contributed by atoms with Gasteiger partial charge in [0, 0.05) is 16.8 Å². The van der Waals surface area contributed by atoms with Gasteiger partial charge in [-0.05, 0) is 46.4 Å². The van der Waals surface area contributed by atoms with Gasteiger partial charge in [-0.25, -0.2) is 0 Å². The van der Waals surface area contributed by atoms with Crippen LogP contribution in [0, 0.1) is 3.57 Å². The summed E-state index contributed by atoms with van der Waals surface area (Å²) >= 11 is 8.17. The summed E-state index contributed by atoms with van der Waals surface area (Å²) in [5, 5.41) is 14.8. The molecule has 0 fully saturated rings. The summed E-state index contributed by atoms with van der Waals surface area (Å²) in [4.78, 5) is 0. The number of halogens is 2. The predicted octanol–water partition coefficient (Wildman–Crippen LogP) is 2.76. The minimum Gasteiger partial charge on any atom is -0.382 e. The van der Waals surface area contributed by atoms with Crippen LogP contribution in [0.25, 0.3) is 0 Å². The van der Waals surface area contributed by atoms with Crippen molar-refractivity contribution in [2.24, 2.45) is 7.05 Å². The highest BCUT2D eigenvalue weighted by molar-refractivity contribution is 14.1. The van der Waals surface area contributed by atoms with Crippen LogP contribution in [0.1, 0.15) is 17.4 Å². The van der Waals surface area contributed by atoms with E-state index in [2.05, 4.69) is 27.7 Å². The van der Waals surface area contributed by atoms with Crippen LogP contribution in [0.4, 0.5) is 0 Å². The first kappa shape index (κ1) is 11.9. The molecule has 2 rings (SSSR count). The van der Waals surface area contributed by atoms with Crippen molar-refractivity contribution in [1.29, 1.82) is 0 Å². The summed E-state index contributed by atoms with van der Waals surface area (Å²) in [5.41, 5.74) is 1.52. The fraction of sp³-hybridized carbons (Fsp3) is 0.182. The Balaban J connectivity index is 2.38. The van der Waals surface area contributed by atoms with Crippen molar-refractivity contribution in [3.63, 3.8) is 0 Å². The standard InChI is InChI=1S/C11H10ClIN2O/c1-15-10(4-5-14-15)11(16)7-2-3-9(13)8(12)6-7/h2-6,11,16H,1H3. The molecular formula is C11H10ClIN2O. The van der Waals surface area contributed by atoms with Crippen molar-refractivity contribution >= 4 is 34.2 Å². The zero-order chi connectivity index (χ0) is 11.7. The molecule has 0 saturated heterocycles. The number of nitrogens with zero attached hydrogens (tertiary/aromatic N) is 2. The normalized spacial score (nSPS) is 12.8.